The van der Waals surface area contributed by atoms with Crippen molar-refractivity contribution in [3.05, 3.63) is 30.6 Å². The fourth-order valence-corrected chi connectivity index (χ4v) is 10.8. The van der Waals surface area contributed by atoms with Crippen molar-refractivity contribution >= 4 is 60.6 Å². The molecule has 0 aliphatic carbocycles. The van der Waals surface area contributed by atoms with Gasteiger partial charge in [0, 0.05) is 13.1 Å². The van der Waals surface area contributed by atoms with Crippen LogP contribution in [0, 0.1) is 0 Å². The Balaban J connectivity index is 1.34. The normalized spacial score (nSPS) is 20.0. The molecular formula is C19H23N7OSe2. The van der Waals surface area contributed by atoms with E-state index < -0.39 is 0 Å². The summed E-state index contributed by atoms with van der Waals surface area (Å²) in [7, 11) is 0. The van der Waals surface area contributed by atoms with E-state index in [1.807, 2.05) is 0 Å². The Morgan fingerprint density at radius 1 is 1.10 bits per heavy atom. The molecule has 152 valence electrons. The first-order valence-corrected chi connectivity index (χ1v) is 16.5. The minimum atomic E-state index is 0.507. The maximum absolute atomic E-state index is 5.43. The van der Waals surface area contributed by atoms with E-state index in [4.69, 9.17) is 9.72 Å². The van der Waals surface area contributed by atoms with Crippen LogP contribution >= 0.6 is 0 Å². The van der Waals surface area contributed by atoms with Crippen molar-refractivity contribution < 1.29 is 4.74 Å². The summed E-state index contributed by atoms with van der Waals surface area (Å²) in [6.45, 7) is 3.45. The van der Waals surface area contributed by atoms with Crippen molar-refractivity contribution in [1.29, 1.82) is 0 Å². The van der Waals surface area contributed by atoms with Crippen molar-refractivity contribution in [3.8, 4) is 0 Å². The van der Waals surface area contributed by atoms with Gasteiger partial charge in [0.25, 0.3) is 0 Å². The molecule has 2 fully saturated rings. The van der Waals surface area contributed by atoms with Gasteiger partial charge in [-0.1, -0.05) is 0 Å². The Morgan fingerprint density at radius 2 is 1.97 bits per heavy atom. The van der Waals surface area contributed by atoms with Crippen molar-refractivity contribution in [2.45, 2.75) is 23.1 Å². The fourth-order valence-electron chi connectivity index (χ4n) is 3.47. The van der Waals surface area contributed by atoms with Gasteiger partial charge in [0.15, 0.2) is 0 Å². The number of nitrogens with one attached hydrogen (secondary N) is 3. The van der Waals surface area contributed by atoms with E-state index in [1.165, 1.54) is 22.7 Å². The van der Waals surface area contributed by atoms with Crippen molar-refractivity contribution in [3.63, 3.8) is 0 Å². The summed E-state index contributed by atoms with van der Waals surface area (Å²) in [6, 6.07) is 8.91. The third-order valence-corrected chi connectivity index (χ3v) is 12.5. The molecule has 0 saturated carbocycles. The number of ether oxygens (including phenoxy) is 1. The van der Waals surface area contributed by atoms with Gasteiger partial charge in [-0.25, -0.2) is 0 Å². The molecule has 10 heteroatoms. The fraction of sp³-hybridized carbons (Fsp3) is 0.421. The number of imidazole rings is 1. The van der Waals surface area contributed by atoms with Gasteiger partial charge in [-0.2, -0.15) is 0 Å². The molecule has 0 spiro atoms. The molecule has 3 aromatic rings. The molecule has 2 aromatic heterocycles. The first-order chi connectivity index (χ1) is 14.3. The van der Waals surface area contributed by atoms with Crippen LogP contribution in [0.3, 0.4) is 0 Å². The summed E-state index contributed by atoms with van der Waals surface area (Å²) in [5.74, 6) is 1.41. The average molecular weight is 523 g/mol. The zero-order valence-corrected chi connectivity index (χ0v) is 19.4. The number of aromatic nitrogens is 4. The van der Waals surface area contributed by atoms with Gasteiger partial charge in [-0.15, -0.1) is 0 Å². The van der Waals surface area contributed by atoms with Gasteiger partial charge in [0.1, 0.15) is 0 Å². The van der Waals surface area contributed by atoms with E-state index in [0.29, 0.717) is 17.6 Å². The molecule has 2 aliphatic heterocycles. The van der Waals surface area contributed by atoms with Crippen molar-refractivity contribution in [2.75, 3.05) is 41.8 Å². The van der Waals surface area contributed by atoms with Crippen LogP contribution in [0.1, 0.15) is 6.42 Å². The van der Waals surface area contributed by atoms with Gasteiger partial charge < -0.3 is 4.74 Å². The van der Waals surface area contributed by atoms with Gasteiger partial charge >= 0.3 is 150 Å². The van der Waals surface area contributed by atoms with Crippen LogP contribution < -0.4 is 15.5 Å². The van der Waals surface area contributed by atoms with E-state index in [0.717, 1.165) is 69.6 Å². The molecular weight excluding hydrogens is 500 g/mol. The predicted octanol–water partition coefficient (Wildman–Crippen LogP) is 2.28. The van der Waals surface area contributed by atoms with Crippen LogP contribution in [0.2, 0.25) is 10.6 Å². The number of aromatic amines is 1. The summed E-state index contributed by atoms with van der Waals surface area (Å²) in [5.41, 5.74) is 3.74. The molecule has 1 aromatic carbocycles. The second-order valence-electron chi connectivity index (χ2n) is 7.00. The number of H-pyrrole nitrogens is 1. The van der Waals surface area contributed by atoms with E-state index in [2.05, 4.69) is 54.8 Å². The Labute approximate surface area is 180 Å². The molecule has 0 radical (unpaired) electrons. The van der Waals surface area contributed by atoms with Crippen LogP contribution in [0.25, 0.3) is 11.2 Å². The summed E-state index contributed by atoms with van der Waals surface area (Å²) < 4.78 is 5.43. The van der Waals surface area contributed by atoms with E-state index in [9.17, 15) is 0 Å². The molecule has 2 saturated heterocycles. The minimum absolute atomic E-state index is 0.507. The van der Waals surface area contributed by atoms with Gasteiger partial charge in [-0.3, -0.25) is 0 Å². The number of morpholine rings is 1. The standard InChI is InChI=1S/C19H23N7OSe2/c1-3-15(26-6-8-27-9-7-26)4-2-13(1)23-19-24-17-16(20-12-21-17)18(25-19)22-14-5-10-28-29-11-14/h1-4,12,14H,5-11H2,(H3,20,21,22,23,24,25)/t14-/m0/s1. The Kier molecular flexibility index (Phi) is 5.87. The topological polar surface area (TPSA) is 91.0 Å². The second-order valence-corrected chi connectivity index (χ2v) is 14.7. The third kappa shape index (κ3) is 4.52. The summed E-state index contributed by atoms with van der Waals surface area (Å²) in [6.07, 6.45) is 2.91. The molecule has 5 rings (SSSR count). The van der Waals surface area contributed by atoms with Crippen LogP contribution in [-0.4, -0.2) is 78.5 Å². The van der Waals surface area contributed by atoms with Crippen molar-refractivity contribution in [2.24, 2.45) is 0 Å². The van der Waals surface area contributed by atoms with Crippen molar-refractivity contribution in [1.82, 2.24) is 19.9 Å². The molecule has 8 nitrogen and oxygen atoms in total. The quantitative estimate of drug-likeness (QED) is 0.443. The van der Waals surface area contributed by atoms with E-state index in [-0.39, 0.29) is 0 Å². The number of hydrogen-bond acceptors (Lipinski definition) is 7. The number of fused-ring (bicyclic) bond motifs is 1. The predicted molar refractivity (Wildman–Crippen MR) is 118 cm³/mol. The monoisotopic (exact) mass is 525 g/mol. The molecule has 3 N–H and O–H groups in total. The number of rotatable bonds is 5. The summed E-state index contributed by atoms with van der Waals surface area (Å²) in [5, 5.41) is 9.61. The number of hydrogen-bond donors (Lipinski definition) is 3. The molecule has 2 aliphatic rings. The first-order valence-electron chi connectivity index (χ1n) is 9.77. The van der Waals surface area contributed by atoms with E-state index in [1.54, 1.807) is 6.33 Å². The molecule has 0 bridgehead atoms. The average Bonchev–Trinajstić information content (AvgIpc) is 3.25. The SMILES string of the molecule is c1nc2nc(Nc3ccc(N4CCOCC4)cc3)nc(N[C@H]3CC[Se][Se]C3)c2[nH]1. The van der Waals surface area contributed by atoms with Gasteiger partial charge in [0.05, 0.1) is 13.2 Å². The van der Waals surface area contributed by atoms with Crippen LogP contribution in [0.4, 0.5) is 23.1 Å². The Bertz CT molecular complexity index is 953. The van der Waals surface area contributed by atoms with E-state index >= 15 is 0 Å². The van der Waals surface area contributed by atoms with Gasteiger partial charge in [0.2, 0.25) is 0 Å². The van der Waals surface area contributed by atoms with Crippen LogP contribution in [-0.2, 0) is 4.74 Å². The van der Waals surface area contributed by atoms with Crippen LogP contribution in [0.15, 0.2) is 30.6 Å². The number of nitrogens with zero attached hydrogens (tertiary/aromatic N) is 4. The maximum atomic E-state index is 5.43. The zero-order valence-electron chi connectivity index (χ0n) is 15.9. The zero-order chi connectivity index (χ0) is 19.5. The molecule has 0 unspecified atom stereocenters. The van der Waals surface area contributed by atoms with Gasteiger partial charge in [-0.05, 0) is 0 Å². The summed E-state index contributed by atoms with van der Waals surface area (Å²) in [4.78, 5) is 19.2. The Morgan fingerprint density at radius 3 is 2.76 bits per heavy atom. The molecule has 1 atom stereocenters. The molecule has 0 amide bonds. The number of anilines is 4. The second kappa shape index (κ2) is 8.90. The number of benzene rings is 1. The molecule has 29 heavy (non-hydrogen) atoms. The molecule has 4 heterocycles. The third-order valence-electron chi connectivity index (χ3n) is 5.03. The van der Waals surface area contributed by atoms with Crippen LogP contribution in [0.5, 0.6) is 0 Å². The Hall–Kier alpha value is -1.83. The summed E-state index contributed by atoms with van der Waals surface area (Å²) >= 11 is 1.67. The first kappa shape index (κ1) is 19.2.